The molecule has 0 bridgehead atoms. The number of nitrogens with zero attached hydrogens (tertiary/aromatic N) is 4. The van der Waals surface area contributed by atoms with Gasteiger partial charge >= 0.3 is 0 Å². The van der Waals surface area contributed by atoms with Crippen LogP contribution in [0.25, 0.3) is 11.0 Å². The Bertz CT molecular complexity index is 840. The van der Waals surface area contributed by atoms with Gasteiger partial charge < -0.3 is 4.90 Å². The maximum atomic E-state index is 4.90. The number of fused-ring (bicyclic) bond motifs is 1. The highest BCUT2D eigenvalue weighted by Crippen LogP contribution is 2.34. The molecule has 0 spiro atoms. The van der Waals surface area contributed by atoms with E-state index in [1.165, 1.54) is 29.5 Å². The normalized spacial score (nSPS) is 18.4. The Morgan fingerprint density at radius 2 is 1.96 bits per heavy atom. The van der Waals surface area contributed by atoms with E-state index in [-0.39, 0.29) is 0 Å². The predicted molar refractivity (Wildman–Crippen MR) is 98.0 cm³/mol. The quantitative estimate of drug-likeness (QED) is 0.712. The SMILES string of the molecule is CN(C)Cc1ccc(C2CCCN2Cc2cccc3nonc23)cc1. The summed E-state index contributed by atoms with van der Waals surface area (Å²) in [6.07, 6.45) is 2.44. The van der Waals surface area contributed by atoms with Gasteiger partial charge in [0.15, 0.2) is 0 Å². The molecule has 1 aromatic heterocycles. The van der Waals surface area contributed by atoms with Gasteiger partial charge in [0.25, 0.3) is 0 Å². The van der Waals surface area contributed by atoms with Crippen LogP contribution in [0.15, 0.2) is 47.1 Å². The van der Waals surface area contributed by atoms with Crippen molar-refractivity contribution in [3.05, 3.63) is 59.2 Å². The van der Waals surface area contributed by atoms with Crippen LogP contribution in [0.3, 0.4) is 0 Å². The van der Waals surface area contributed by atoms with Crippen molar-refractivity contribution in [2.45, 2.75) is 32.0 Å². The fourth-order valence-corrected chi connectivity index (χ4v) is 3.81. The van der Waals surface area contributed by atoms with Crippen LogP contribution in [0.4, 0.5) is 0 Å². The highest BCUT2D eigenvalue weighted by Gasteiger charge is 2.26. The highest BCUT2D eigenvalue weighted by molar-refractivity contribution is 5.76. The van der Waals surface area contributed by atoms with E-state index in [2.05, 4.69) is 64.5 Å². The van der Waals surface area contributed by atoms with Crippen molar-refractivity contribution in [2.75, 3.05) is 20.6 Å². The molecule has 1 aliphatic rings. The van der Waals surface area contributed by atoms with Gasteiger partial charge in [-0.05, 0) is 66.6 Å². The largest absolute Gasteiger partial charge is 0.305 e. The lowest BCUT2D eigenvalue weighted by atomic mass is 10.0. The first kappa shape index (κ1) is 16.2. The highest BCUT2D eigenvalue weighted by atomic mass is 16.6. The molecule has 5 heteroatoms. The maximum absolute atomic E-state index is 4.90. The van der Waals surface area contributed by atoms with Gasteiger partial charge in [0, 0.05) is 19.1 Å². The summed E-state index contributed by atoms with van der Waals surface area (Å²) in [4.78, 5) is 4.74. The topological polar surface area (TPSA) is 45.4 Å². The van der Waals surface area contributed by atoms with Crippen LogP contribution < -0.4 is 0 Å². The number of aromatic nitrogens is 2. The number of rotatable bonds is 5. The Morgan fingerprint density at radius 3 is 2.76 bits per heavy atom. The molecule has 1 saturated heterocycles. The molecule has 0 radical (unpaired) electrons. The van der Waals surface area contributed by atoms with E-state index in [0.717, 1.165) is 30.7 Å². The van der Waals surface area contributed by atoms with Crippen LogP contribution in [0, 0.1) is 0 Å². The molecule has 2 heterocycles. The van der Waals surface area contributed by atoms with Crippen LogP contribution in [-0.2, 0) is 13.1 Å². The zero-order chi connectivity index (χ0) is 17.2. The maximum Gasteiger partial charge on any atom is 0.139 e. The van der Waals surface area contributed by atoms with Crippen molar-refractivity contribution >= 4 is 11.0 Å². The minimum Gasteiger partial charge on any atom is -0.305 e. The molecule has 4 rings (SSSR count). The molecule has 5 nitrogen and oxygen atoms in total. The zero-order valence-corrected chi connectivity index (χ0v) is 14.9. The van der Waals surface area contributed by atoms with Gasteiger partial charge in [-0.3, -0.25) is 4.90 Å². The Morgan fingerprint density at radius 1 is 1.12 bits per heavy atom. The molecule has 130 valence electrons. The number of hydrogen-bond acceptors (Lipinski definition) is 5. The van der Waals surface area contributed by atoms with Crippen molar-refractivity contribution in [2.24, 2.45) is 0 Å². The molecular formula is C20H24N4O. The van der Waals surface area contributed by atoms with E-state index in [1.807, 2.05) is 12.1 Å². The first-order valence-electron chi connectivity index (χ1n) is 8.88. The molecule has 0 saturated carbocycles. The monoisotopic (exact) mass is 336 g/mol. The smallest absolute Gasteiger partial charge is 0.139 e. The fraction of sp³-hybridized carbons (Fsp3) is 0.400. The van der Waals surface area contributed by atoms with Crippen LogP contribution in [0.2, 0.25) is 0 Å². The van der Waals surface area contributed by atoms with Crippen molar-refractivity contribution in [3.63, 3.8) is 0 Å². The summed E-state index contributed by atoms with van der Waals surface area (Å²) in [6, 6.07) is 15.7. The van der Waals surface area contributed by atoms with Gasteiger partial charge in [0.2, 0.25) is 0 Å². The Hall–Kier alpha value is -2.24. The number of likely N-dealkylation sites (tertiary alicyclic amines) is 1. The summed E-state index contributed by atoms with van der Waals surface area (Å²) >= 11 is 0. The molecule has 1 unspecified atom stereocenters. The first-order valence-corrected chi connectivity index (χ1v) is 8.88. The molecule has 0 N–H and O–H groups in total. The lowest BCUT2D eigenvalue weighted by molar-refractivity contribution is 0.248. The van der Waals surface area contributed by atoms with Crippen molar-refractivity contribution in [1.29, 1.82) is 0 Å². The fourth-order valence-electron chi connectivity index (χ4n) is 3.81. The first-order chi connectivity index (χ1) is 12.2. The Balaban J connectivity index is 1.53. The van der Waals surface area contributed by atoms with Gasteiger partial charge in [0.05, 0.1) is 0 Å². The van der Waals surface area contributed by atoms with Crippen molar-refractivity contribution in [3.8, 4) is 0 Å². The predicted octanol–water partition coefficient (Wildman–Crippen LogP) is 3.62. The average Bonchev–Trinajstić information content (AvgIpc) is 3.25. The van der Waals surface area contributed by atoms with Crippen LogP contribution in [0.5, 0.6) is 0 Å². The van der Waals surface area contributed by atoms with E-state index >= 15 is 0 Å². The minimum atomic E-state index is 0.475. The van der Waals surface area contributed by atoms with Gasteiger partial charge in [-0.2, -0.15) is 0 Å². The van der Waals surface area contributed by atoms with Gasteiger partial charge in [-0.25, -0.2) is 4.63 Å². The van der Waals surface area contributed by atoms with E-state index in [4.69, 9.17) is 4.63 Å². The van der Waals surface area contributed by atoms with E-state index < -0.39 is 0 Å². The van der Waals surface area contributed by atoms with E-state index in [0.29, 0.717) is 6.04 Å². The molecule has 0 amide bonds. The molecule has 2 aromatic carbocycles. The Labute approximate surface area is 148 Å². The second-order valence-corrected chi connectivity index (χ2v) is 7.16. The summed E-state index contributed by atoms with van der Waals surface area (Å²) in [5.74, 6) is 0. The lowest BCUT2D eigenvalue weighted by Crippen LogP contribution is -2.23. The second kappa shape index (κ2) is 6.94. The third-order valence-electron chi connectivity index (χ3n) is 4.97. The molecule has 3 aromatic rings. The molecule has 1 atom stereocenters. The lowest BCUT2D eigenvalue weighted by Gasteiger charge is -2.25. The van der Waals surface area contributed by atoms with Crippen LogP contribution >= 0.6 is 0 Å². The second-order valence-electron chi connectivity index (χ2n) is 7.16. The van der Waals surface area contributed by atoms with E-state index in [1.54, 1.807) is 0 Å². The molecule has 25 heavy (non-hydrogen) atoms. The zero-order valence-electron chi connectivity index (χ0n) is 14.9. The van der Waals surface area contributed by atoms with Gasteiger partial charge in [0.1, 0.15) is 11.0 Å². The Kier molecular flexibility index (Phi) is 4.51. The molecule has 0 aliphatic carbocycles. The van der Waals surface area contributed by atoms with E-state index in [9.17, 15) is 0 Å². The molecule has 1 aliphatic heterocycles. The molecular weight excluding hydrogens is 312 g/mol. The van der Waals surface area contributed by atoms with Crippen molar-refractivity contribution < 1.29 is 4.63 Å². The molecule has 1 fully saturated rings. The standard InChI is InChI=1S/C20H24N4O/c1-23(2)13-15-8-10-16(11-9-15)19-7-4-12-24(19)14-17-5-3-6-18-20(17)22-25-21-18/h3,5-6,8-11,19H,4,7,12-14H2,1-2H3. The average molecular weight is 336 g/mol. The summed E-state index contributed by atoms with van der Waals surface area (Å²) in [6.45, 7) is 2.98. The van der Waals surface area contributed by atoms with Gasteiger partial charge in [-0.15, -0.1) is 0 Å². The minimum absolute atomic E-state index is 0.475. The third-order valence-corrected chi connectivity index (χ3v) is 4.97. The van der Waals surface area contributed by atoms with Crippen LogP contribution in [0.1, 0.15) is 35.6 Å². The summed E-state index contributed by atoms with van der Waals surface area (Å²) in [5.41, 5.74) is 5.67. The number of hydrogen-bond donors (Lipinski definition) is 0. The third kappa shape index (κ3) is 3.43. The summed E-state index contributed by atoms with van der Waals surface area (Å²) in [5, 5.41) is 8.04. The summed E-state index contributed by atoms with van der Waals surface area (Å²) in [7, 11) is 4.21. The number of benzene rings is 2. The van der Waals surface area contributed by atoms with Gasteiger partial charge in [-0.1, -0.05) is 36.4 Å². The van der Waals surface area contributed by atoms with Crippen molar-refractivity contribution in [1.82, 2.24) is 20.1 Å². The van der Waals surface area contributed by atoms with Crippen LogP contribution in [-0.4, -0.2) is 40.8 Å². The summed E-state index contributed by atoms with van der Waals surface area (Å²) < 4.78 is 4.90.